The molecule has 1 heterocycles. The van der Waals surface area contributed by atoms with Crippen molar-refractivity contribution >= 4 is 39.2 Å². The summed E-state index contributed by atoms with van der Waals surface area (Å²) in [7, 11) is 0. The van der Waals surface area contributed by atoms with E-state index in [9.17, 15) is 10.1 Å². The molecule has 0 aliphatic carbocycles. The Balaban J connectivity index is 2.55. The minimum absolute atomic E-state index is 0.108. The summed E-state index contributed by atoms with van der Waals surface area (Å²) >= 11 is 5.88. The van der Waals surface area contributed by atoms with Crippen LogP contribution in [0.4, 0.5) is 5.69 Å². The normalized spacial score (nSPS) is 11.1. The van der Waals surface area contributed by atoms with E-state index in [4.69, 9.17) is 16.0 Å². The number of benzene rings is 2. The third kappa shape index (κ3) is 1.45. The highest BCUT2D eigenvalue weighted by molar-refractivity contribution is 6.32. The SMILES string of the molecule is O=[N+]([O-])c1cc(Cl)cc2c1oc1ccccc12. The molecule has 3 rings (SSSR count). The maximum absolute atomic E-state index is 10.9. The number of halogens is 1. The molecular weight excluding hydrogens is 242 g/mol. The van der Waals surface area contributed by atoms with Gasteiger partial charge in [0.2, 0.25) is 5.58 Å². The third-order valence-electron chi connectivity index (χ3n) is 2.62. The van der Waals surface area contributed by atoms with Gasteiger partial charge in [0.1, 0.15) is 5.58 Å². The van der Waals surface area contributed by atoms with Gasteiger partial charge in [-0.15, -0.1) is 0 Å². The van der Waals surface area contributed by atoms with Gasteiger partial charge in [-0.05, 0) is 12.1 Å². The van der Waals surface area contributed by atoms with Gasteiger partial charge in [-0.1, -0.05) is 29.8 Å². The van der Waals surface area contributed by atoms with Crippen LogP contribution in [0.2, 0.25) is 5.02 Å². The first-order valence-electron chi connectivity index (χ1n) is 4.92. The van der Waals surface area contributed by atoms with Gasteiger partial charge >= 0.3 is 5.69 Å². The zero-order valence-corrected chi connectivity index (χ0v) is 9.27. The van der Waals surface area contributed by atoms with Crippen molar-refractivity contribution in [2.75, 3.05) is 0 Å². The summed E-state index contributed by atoms with van der Waals surface area (Å²) < 4.78 is 5.50. The van der Waals surface area contributed by atoms with Gasteiger partial charge in [-0.2, -0.15) is 0 Å². The van der Waals surface area contributed by atoms with Gasteiger partial charge in [0.25, 0.3) is 0 Å². The van der Waals surface area contributed by atoms with Crippen LogP contribution in [0.15, 0.2) is 40.8 Å². The Labute approximate surface area is 101 Å². The molecule has 4 nitrogen and oxygen atoms in total. The topological polar surface area (TPSA) is 56.3 Å². The van der Waals surface area contributed by atoms with Crippen LogP contribution >= 0.6 is 11.6 Å². The van der Waals surface area contributed by atoms with E-state index in [0.29, 0.717) is 16.0 Å². The number of hydrogen-bond acceptors (Lipinski definition) is 3. The fourth-order valence-corrected chi connectivity index (χ4v) is 2.12. The van der Waals surface area contributed by atoms with E-state index in [1.54, 1.807) is 12.1 Å². The molecule has 0 aliphatic rings. The molecule has 0 bridgehead atoms. The van der Waals surface area contributed by atoms with E-state index in [0.717, 1.165) is 5.39 Å². The number of hydrogen-bond donors (Lipinski definition) is 0. The van der Waals surface area contributed by atoms with Crippen LogP contribution in [0.5, 0.6) is 0 Å². The molecule has 3 aromatic rings. The molecule has 17 heavy (non-hydrogen) atoms. The molecule has 1 aromatic heterocycles. The molecule has 0 aliphatic heterocycles. The Hall–Kier alpha value is -2.07. The second-order valence-corrected chi connectivity index (χ2v) is 4.09. The Morgan fingerprint density at radius 1 is 1.18 bits per heavy atom. The monoisotopic (exact) mass is 247 g/mol. The highest BCUT2D eigenvalue weighted by Crippen LogP contribution is 2.36. The number of rotatable bonds is 1. The van der Waals surface area contributed by atoms with E-state index in [1.165, 1.54) is 6.07 Å². The van der Waals surface area contributed by atoms with Crippen molar-refractivity contribution in [2.24, 2.45) is 0 Å². The molecule has 2 aromatic carbocycles. The zero-order valence-electron chi connectivity index (χ0n) is 8.51. The molecule has 0 amide bonds. The van der Waals surface area contributed by atoms with Crippen molar-refractivity contribution in [1.29, 1.82) is 0 Å². The lowest BCUT2D eigenvalue weighted by Gasteiger charge is -1.94. The molecule has 0 fully saturated rings. The molecule has 0 saturated carbocycles. The number of para-hydroxylation sites is 1. The molecule has 0 spiro atoms. The Morgan fingerprint density at radius 2 is 1.94 bits per heavy atom. The van der Waals surface area contributed by atoms with E-state index < -0.39 is 4.92 Å². The van der Waals surface area contributed by atoms with Crippen molar-refractivity contribution < 1.29 is 9.34 Å². The standard InChI is InChI=1S/C12H6ClNO3/c13-7-5-9-8-3-1-2-4-11(8)17-12(9)10(6-7)14(15)16/h1-6H. The minimum atomic E-state index is -0.489. The summed E-state index contributed by atoms with van der Waals surface area (Å²) in [5.74, 6) is 0. The summed E-state index contributed by atoms with van der Waals surface area (Å²) in [6.45, 7) is 0. The third-order valence-corrected chi connectivity index (χ3v) is 2.84. The highest BCUT2D eigenvalue weighted by Gasteiger charge is 2.19. The summed E-state index contributed by atoms with van der Waals surface area (Å²) in [6.07, 6.45) is 0. The lowest BCUT2D eigenvalue weighted by atomic mass is 10.1. The lowest BCUT2D eigenvalue weighted by molar-refractivity contribution is -0.383. The Bertz CT molecular complexity index is 748. The summed E-state index contributed by atoms with van der Waals surface area (Å²) in [4.78, 5) is 10.4. The van der Waals surface area contributed by atoms with Gasteiger partial charge in [-0.25, -0.2) is 0 Å². The fourth-order valence-electron chi connectivity index (χ4n) is 1.91. The summed E-state index contributed by atoms with van der Waals surface area (Å²) in [5.41, 5.74) is 0.775. The lowest BCUT2D eigenvalue weighted by Crippen LogP contribution is -1.87. The number of nitrogens with zero attached hydrogens (tertiary/aromatic N) is 1. The summed E-state index contributed by atoms with van der Waals surface area (Å²) in [6, 6.07) is 10.3. The number of furan rings is 1. The van der Waals surface area contributed by atoms with Crippen LogP contribution in [0.25, 0.3) is 21.9 Å². The van der Waals surface area contributed by atoms with Crippen molar-refractivity contribution in [3.63, 3.8) is 0 Å². The first-order valence-corrected chi connectivity index (χ1v) is 5.30. The quantitative estimate of drug-likeness (QED) is 0.479. The van der Waals surface area contributed by atoms with Crippen LogP contribution in [-0.2, 0) is 0 Å². The Morgan fingerprint density at radius 3 is 2.71 bits per heavy atom. The summed E-state index contributed by atoms with van der Waals surface area (Å²) in [5, 5.41) is 12.8. The number of nitro groups is 1. The molecule has 0 N–H and O–H groups in total. The minimum Gasteiger partial charge on any atom is -0.449 e. The van der Waals surface area contributed by atoms with Crippen LogP contribution in [0, 0.1) is 10.1 Å². The fraction of sp³-hybridized carbons (Fsp3) is 0. The van der Waals surface area contributed by atoms with E-state index in [2.05, 4.69) is 0 Å². The number of fused-ring (bicyclic) bond motifs is 3. The smallest absolute Gasteiger partial charge is 0.313 e. The van der Waals surface area contributed by atoms with Gasteiger partial charge in [-0.3, -0.25) is 10.1 Å². The average Bonchev–Trinajstić information content (AvgIpc) is 2.66. The highest BCUT2D eigenvalue weighted by atomic mass is 35.5. The van der Waals surface area contributed by atoms with Crippen LogP contribution in [0.1, 0.15) is 0 Å². The maximum atomic E-state index is 10.9. The second-order valence-electron chi connectivity index (χ2n) is 3.66. The van der Waals surface area contributed by atoms with Gasteiger partial charge < -0.3 is 4.42 Å². The molecule has 84 valence electrons. The molecule has 0 atom stereocenters. The predicted molar refractivity (Wildman–Crippen MR) is 65.4 cm³/mol. The van der Waals surface area contributed by atoms with E-state index >= 15 is 0 Å². The Kier molecular flexibility index (Phi) is 2.06. The van der Waals surface area contributed by atoms with Crippen LogP contribution < -0.4 is 0 Å². The number of non-ortho nitro benzene ring substituents is 1. The zero-order chi connectivity index (χ0) is 12.0. The predicted octanol–water partition coefficient (Wildman–Crippen LogP) is 4.15. The number of nitro benzene ring substituents is 1. The van der Waals surface area contributed by atoms with E-state index in [1.807, 2.05) is 18.2 Å². The van der Waals surface area contributed by atoms with Gasteiger partial charge in [0, 0.05) is 21.9 Å². The van der Waals surface area contributed by atoms with Crippen molar-refractivity contribution in [3.05, 3.63) is 51.5 Å². The molecule has 0 unspecified atom stereocenters. The largest absolute Gasteiger partial charge is 0.449 e. The van der Waals surface area contributed by atoms with E-state index in [-0.39, 0.29) is 11.3 Å². The first-order chi connectivity index (χ1) is 8.16. The van der Waals surface area contributed by atoms with Crippen LogP contribution in [0.3, 0.4) is 0 Å². The van der Waals surface area contributed by atoms with Gasteiger partial charge in [0.05, 0.1) is 4.92 Å². The van der Waals surface area contributed by atoms with Crippen molar-refractivity contribution in [1.82, 2.24) is 0 Å². The molecule has 0 saturated heterocycles. The molecular formula is C12H6ClNO3. The van der Waals surface area contributed by atoms with Crippen LogP contribution in [-0.4, -0.2) is 4.92 Å². The maximum Gasteiger partial charge on any atom is 0.313 e. The molecule has 5 heteroatoms. The second kappa shape index (κ2) is 3.46. The van der Waals surface area contributed by atoms with Crippen molar-refractivity contribution in [3.8, 4) is 0 Å². The first kappa shape index (κ1) is 10.1. The average molecular weight is 248 g/mol. The van der Waals surface area contributed by atoms with Crippen molar-refractivity contribution in [2.45, 2.75) is 0 Å². The molecule has 0 radical (unpaired) electrons. The van der Waals surface area contributed by atoms with Gasteiger partial charge in [0.15, 0.2) is 0 Å².